The first kappa shape index (κ1) is 36.9. The molecule has 1 aliphatic heterocycles. The van der Waals surface area contributed by atoms with Gasteiger partial charge in [0.15, 0.2) is 15.8 Å². The van der Waals surface area contributed by atoms with E-state index in [2.05, 4.69) is 24.0 Å². The van der Waals surface area contributed by atoms with Crippen LogP contribution in [-0.2, 0) is 15.3 Å². The van der Waals surface area contributed by atoms with Gasteiger partial charge in [0.2, 0.25) is 5.13 Å². The number of hydrogen-bond donors (Lipinski definition) is 1. The average molecular weight is 720 g/mol. The van der Waals surface area contributed by atoms with Crippen molar-refractivity contribution in [2.24, 2.45) is 0 Å². The third kappa shape index (κ3) is 9.02. The zero-order valence-electron chi connectivity index (χ0n) is 28.5. The van der Waals surface area contributed by atoms with E-state index >= 15 is 0 Å². The Balaban J connectivity index is 1.48. The maximum atomic E-state index is 13.8. The molecule has 1 aromatic heterocycles. The zero-order valence-corrected chi connectivity index (χ0v) is 30.2. The van der Waals surface area contributed by atoms with E-state index in [0.717, 1.165) is 55.4 Å². The first-order valence-corrected chi connectivity index (χ1v) is 18.7. The van der Waals surface area contributed by atoms with E-state index in [9.17, 15) is 19.1 Å². The van der Waals surface area contributed by atoms with E-state index in [4.69, 9.17) is 14.2 Å². The van der Waals surface area contributed by atoms with Gasteiger partial charge in [-0.3, -0.25) is 14.5 Å². The summed E-state index contributed by atoms with van der Waals surface area (Å²) in [6, 6.07) is 17.2. The Kier molecular flexibility index (Phi) is 13.3. The molecule has 12 heteroatoms. The van der Waals surface area contributed by atoms with Crippen molar-refractivity contribution in [2.75, 3.05) is 25.2 Å². The molecule has 2 heterocycles. The van der Waals surface area contributed by atoms with E-state index in [1.54, 1.807) is 54.6 Å². The summed E-state index contributed by atoms with van der Waals surface area (Å²) in [6.07, 6.45) is 7.40. The summed E-state index contributed by atoms with van der Waals surface area (Å²) < 4.78 is 31.5. The van der Waals surface area contributed by atoms with Crippen LogP contribution in [0.4, 0.5) is 9.52 Å². The average Bonchev–Trinajstić information content (AvgIpc) is 3.71. The lowest BCUT2D eigenvalue weighted by Crippen LogP contribution is -2.29. The quantitative estimate of drug-likeness (QED) is 0.0269. The number of nitrogens with zero attached hydrogens (tertiary/aromatic N) is 3. The van der Waals surface area contributed by atoms with Gasteiger partial charge in [0.1, 0.15) is 17.3 Å². The summed E-state index contributed by atoms with van der Waals surface area (Å²) in [5.74, 6) is -0.212. The molecule has 0 saturated carbocycles. The van der Waals surface area contributed by atoms with E-state index in [-0.39, 0.29) is 22.3 Å². The Morgan fingerprint density at radius 2 is 1.60 bits per heavy atom. The monoisotopic (exact) mass is 719 g/mol. The van der Waals surface area contributed by atoms with E-state index in [1.165, 1.54) is 42.3 Å². The van der Waals surface area contributed by atoms with Crippen LogP contribution in [0.3, 0.4) is 0 Å². The van der Waals surface area contributed by atoms with Gasteiger partial charge in [-0.05, 0) is 72.5 Å². The summed E-state index contributed by atoms with van der Waals surface area (Å²) in [5, 5.41) is 20.4. The molecule has 9 nitrogen and oxygen atoms in total. The van der Waals surface area contributed by atoms with Crippen LogP contribution >= 0.6 is 23.1 Å². The number of rotatable bonds is 18. The smallest absolute Gasteiger partial charge is 0.301 e. The van der Waals surface area contributed by atoms with Crippen molar-refractivity contribution in [2.45, 2.75) is 74.9 Å². The minimum Gasteiger partial charge on any atom is -0.507 e. The molecule has 4 aromatic rings. The lowest BCUT2D eigenvalue weighted by Gasteiger charge is -2.23. The number of benzene rings is 3. The fraction of sp³-hybridized carbons (Fsp3) is 0.368. The van der Waals surface area contributed by atoms with Crippen molar-refractivity contribution in [3.05, 3.63) is 94.8 Å². The van der Waals surface area contributed by atoms with Crippen LogP contribution in [0.2, 0.25) is 0 Å². The maximum absolute atomic E-state index is 13.8. The molecular weight excluding hydrogens is 678 g/mol. The highest BCUT2D eigenvalue weighted by Crippen LogP contribution is 2.45. The molecule has 0 spiro atoms. The fourth-order valence-corrected chi connectivity index (χ4v) is 7.31. The van der Waals surface area contributed by atoms with Crippen molar-refractivity contribution in [1.29, 1.82) is 0 Å². The molecule has 3 aromatic carbocycles. The summed E-state index contributed by atoms with van der Waals surface area (Å²) in [5.41, 5.74) is 1.69. The normalized spacial score (nSPS) is 15.4. The summed E-state index contributed by atoms with van der Waals surface area (Å²) in [7, 11) is 1.53. The van der Waals surface area contributed by atoms with Crippen molar-refractivity contribution >= 4 is 45.7 Å². The molecule has 264 valence electrons. The Hall–Kier alpha value is -4.42. The van der Waals surface area contributed by atoms with Crippen molar-refractivity contribution in [3.8, 4) is 17.2 Å². The summed E-state index contributed by atoms with van der Waals surface area (Å²) >= 11 is 2.53. The van der Waals surface area contributed by atoms with Gasteiger partial charge in [0.25, 0.3) is 5.78 Å². The summed E-state index contributed by atoms with van der Waals surface area (Å²) in [6.45, 7) is 5.35. The lowest BCUT2D eigenvalue weighted by atomic mass is 9.95. The van der Waals surface area contributed by atoms with Gasteiger partial charge < -0.3 is 19.3 Å². The zero-order chi connectivity index (χ0) is 35.5. The summed E-state index contributed by atoms with van der Waals surface area (Å²) in [4.78, 5) is 28.8. The van der Waals surface area contributed by atoms with Gasteiger partial charge in [0.05, 0.1) is 31.9 Å². The molecule has 50 heavy (non-hydrogen) atoms. The number of carbonyl (C=O) groups is 2. The van der Waals surface area contributed by atoms with Crippen molar-refractivity contribution in [1.82, 2.24) is 10.2 Å². The highest BCUT2D eigenvalue weighted by molar-refractivity contribution is 8.00. The number of aliphatic hydroxyl groups excluding tert-OH is 1. The van der Waals surface area contributed by atoms with E-state index in [0.29, 0.717) is 51.7 Å². The molecular formula is C38H42FN3O6S2. The van der Waals surface area contributed by atoms with Gasteiger partial charge in [-0.1, -0.05) is 87.2 Å². The second-order valence-electron chi connectivity index (χ2n) is 11.8. The number of amides is 1. The minimum atomic E-state index is -1.03. The van der Waals surface area contributed by atoms with Crippen LogP contribution in [0.25, 0.3) is 5.76 Å². The van der Waals surface area contributed by atoms with Crippen LogP contribution in [-0.4, -0.2) is 47.3 Å². The molecule has 1 fully saturated rings. The van der Waals surface area contributed by atoms with Gasteiger partial charge in [-0.15, -0.1) is 10.2 Å². The van der Waals surface area contributed by atoms with Crippen molar-refractivity contribution < 1.29 is 33.3 Å². The second-order valence-corrected chi connectivity index (χ2v) is 14.0. The van der Waals surface area contributed by atoms with Crippen LogP contribution in [0.15, 0.2) is 76.6 Å². The van der Waals surface area contributed by atoms with E-state index in [1.807, 2.05) is 0 Å². The first-order chi connectivity index (χ1) is 24.3. The highest BCUT2D eigenvalue weighted by atomic mass is 32.2. The molecule has 1 amide bonds. The van der Waals surface area contributed by atoms with Gasteiger partial charge in [-0.25, -0.2) is 4.39 Å². The van der Waals surface area contributed by atoms with Gasteiger partial charge in [0, 0.05) is 11.3 Å². The third-order valence-corrected chi connectivity index (χ3v) is 10.4. The molecule has 1 N–H and O–H groups in total. The Bertz CT molecular complexity index is 1780. The van der Waals surface area contributed by atoms with Crippen molar-refractivity contribution in [3.63, 3.8) is 0 Å². The highest BCUT2D eigenvalue weighted by Gasteiger charge is 2.48. The maximum Gasteiger partial charge on any atom is 0.301 e. The largest absolute Gasteiger partial charge is 0.507 e. The molecule has 5 rings (SSSR count). The standard InChI is InChI=1S/C38H42FN3O6S2/c1-4-6-8-9-10-22-48-30-20-15-27(23-31(30)46-3)33-32(34(43)26-13-18-29(19-14-26)47-21-7-5-2)35(44)36(45)42(33)37-40-41-38(50-37)49-24-25-11-16-28(39)17-12-25/h11-20,23,33,43H,4-10,21-22,24H2,1-3H3/b34-32-. The molecule has 0 bridgehead atoms. The number of halogens is 1. The Labute approximate surface area is 300 Å². The van der Waals surface area contributed by atoms with Crippen LogP contribution < -0.4 is 19.1 Å². The number of aliphatic hydroxyl groups is 1. The molecule has 1 saturated heterocycles. The number of methoxy groups -OCH3 is 1. The number of unbranched alkanes of at least 4 members (excludes halogenated alkanes) is 5. The number of thioether (sulfide) groups is 1. The Morgan fingerprint density at radius 3 is 2.32 bits per heavy atom. The molecule has 1 aliphatic rings. The number of carbonyl (C=O) groups excluding carboxylic acids is 2. The molecule has 1 atom stereocenters. The van der Waals surface area contributed by atoms with Gasteiger partial charge >= 0.3 is 5.91 Å². The minimum absolute atomic E-state index is 0.0861. The Morgan fingerprint density at radius 1 is 0.880 bits per heavy atom. The van der Waals surface area contributed by atoms with Crippen LogP contribution in [0, 0.1) is 5.82 Å². The number of anilines is 1. The van der Waals surface area contributed by atoms with Crippen LogP contribution in [0.1, 0.15) is 81.5 Å². The number of Topliss-reactive ketones (excluding diaryl/α,β-unsaturated/α-hetero) is 1. The molecule has 0 radical (unpaired) electrons. The fourth-order valence-electron chi connectivity index (χ4n) is 5.49. The molecule has 1 unspecified atom stereocenters. The predicted molar refractivity (Wildman–Crippen MR) is 195 cm³/mol. The topological polar surface area (TPSA) is 111 Å². The first-order valence-electron chi connectivity index (χ1n) is 16.9. The lowest BCUT2D eigenvalue weighted by molar-refractivity contribution is -0.132. The van der Waals surface area contributed by atoms with E-state index < -0.39 is 17.7 Å². The van der Waals surface area contributed by atoms with Gasteiger partial charge in [-0.2, -0.15) is 0 Å². The number of ketones is 1. The third-order valence-electron chi connectivity index (χ3n) is 8.23. The SMILES string of the molecule is CCCCCCCOc1ccc(C2/C(=C(/O)c3ccc(OCCCC)cc3)C(=O)C(=O)N2c2nnc(SCc3ccc(F)cc3)s2)cc1OC. The molecule has 0 aliphatic carbocycles. The number of aromatic nitrogens is 2. The predicted octanol–water partition coefficient (Wildman–Crippen LogP) is 9.13. The second kappa shape index (κ2) is 18.0. The number of hydrogen-bond acceptors (Lipinski definition) is 10. The number of ether oxygens (including phenoxy) is 3. The van der Waals surface area contributed by atoms with Crippen LogP contribution in [0.5, 0.6) is 17.2 Å².